The van der Waals surface area contributed by atoms with Gasteiger partial charge in [0.2, 0.25) is 5.88 Å². The Hall–Kier alpha value is -2.11. The predicted octanol–water partition coefficient (Wildman–Crippen LogP) is 2.70. The highest BCUT2D eigenvalue weighted by atomic mass is 16.5. The zero-order valence-electron chi connectivity index (χ0n) is 11.7. The van der Waals surface area contributed by atoms with Crippen LogP contribution in [-0.2, 0) is 0 Å². The van der Waals surface area contributed by atoms with E-state index in [0.29, 0.717) is 30.2 Å². The molecule has 0 atom stereocenters. The van der Waals surface area contributed by atoms with Crippen LogP contribution in [-0.4, -0.2) is 26.4 Å². The highest BCUT2D eigenvalue weighted by molar-refractivity contribution is 5.54. The third-order valence-corrected chi connectivity index (χ3v) is 2.51. The van der Waals surface area contributed by atoms with Gasteiger partial charge >= 0.3 is 0 Å². The standard InChI is InChI=1S/C13H19N5O/c1-5-19-13-6-12(15-10(4)16-13)17-11-7-14-18(8-11)9(2)3/h6-9H,5H2,1-4H3,(H,15,16,17). The minimum absolute atomic E-state index is 0.335. The van der Waals surface area contributed by atoms with Crippen molar-refractivity contribution in [1.29, 1.82) is 0 Å². The van der Waals surface area contributed by atoms with E-state index < -0.39 is 0 Å². The molecule has 0 aliphatic carbocycles. The molecule has 0 aliphatic heterocycles. The van der Waals surface area contributed by atoms with Crippen LogP contribution in [0.4, 0.5) is 11.5 Å². The van der Waals surface area contributed by atoms with Gasteiger partial charge < -0.3 is 10.1 Å². The largest absolute Gasteiger partial charge is 0.478 e. The second kappa shape index (κ2) is 5.69. The van der Waals surface area contributed by atoms with E-state index in [9.17, 15) is 0 Å². The molecule has 2 aromatic rings. The lowest BCUT2D eigenvalue weighted by Gasteiger charge is -2.07. The molecule has 19 heavy (non-hydrogen) atoms. The first-order valence-corrected chi connectivity index (χ1v) is 6.38. The van der Waals surface area contributed by atoms with Crippen LogP contribution in [0.25, 0.3) is 0 Å². The van der Waals surface area contributed by atoms with Gasteiger partial charge in [-0.2, -0.15) is 10.1 Å². The van der Waals surface area contributed by atoms with Gasteiger partial charge in [0.25, 0.3) is 0 Å². The molecule has 0 fully saturated rings. The summed E-state index contributed by atoms with van der Waals surface area (Å²) in [4.78, 5) is 8.53. The highest BCUT2D eigenvalue weighted by Gasteiger charge is 2.05. The summed E-state index contributed by atoms with van der Waals surface area (Å²) in [6.07, 6.45) is 3.72. The van der Waals surface area contributed by atoms with E-state index in [0.717, 1.165) is 5.69 Å². The second-order valence-corrected chi connectivity index (χ2v) is 4.50. The fourth-order valence-electron chi connectivity index (χ4n) is 1.66. The minimum Gasteiger partial charge on any atom is -0.478 e. The van der Waals surface area contributed by atoms with Crippen molar-refractivity contribution in [1.82, 2.24) is 19.7 Å². The molecule has 0 amide bonds. The molecule has 0 aliphatic rings. The molecule has 0 saturated heterocycles. The Morgan fingerprint density at radius 2 is 2.16 bits per heavy atom. The number of ether oxygens (including phenoxy) is 1. The number of rotatable bonds is 5. The molecular formula is C13H19N5O. The van der Waals surface area contributed by atoms with E-state index in [-0.39, 0.29) is 0 Å². The van der Waals surface area contributed by atoms with Gasteiger partial charge in [-0.15, -0.1) is 0 Å². The molecule has 102 valence electrons. The second-order valence-electron chi connectivity index (χ2n) is 4.50. The maximum Gasteiger partial charge on any atom is 0.218 e. The summed E-state index contributed by atoms with van der Waals surface area (Å²) in [5.74, 6) is 1.96. The molecule has 0 saturated carbocycles. The Morgan fingerprint density at radius 1 is 1.37 bits per heavy atom. The Morgan fingerprint density at radius 3 is 2.79 bits per heavy atom. The number of hydrogen-bond acceptors (Lipinski definition) is 5. The van der Waals surface area contributed by atoms with E-state index in [1.807, 2.05) is 24.7 Å². The third-order valence-electron chi connectivity index (χ3n) is 2.51. The van der Waals surface area contributed by atoms with Crippen LogP contribution in [0.3, 0.4) is 0 Å². The number of aromatic nitrogens is 4. The quantitative estimate of drug-likeness (QED) is 0.896. The minimum atomic E-state index is 0.335. The van der Waals surface area contributed by atoms with Gasteiger partial charge in [0.15, 0.2) is 0 Å². The summed E-state index contributed by atoms with van der Waals surface area (Å²) in [6, 6.07) is 2.12. The molecule has 6 nitrogen and oxygen atoms in total. The van der Waals surface area contributed by atoms with Crippen molar-refractivity contribution in [3.63, 3.8) is 0 Å². The van der Waals surface area contributed by atoms with Crippen LogP contribution in [0.2, 0.25) is 0 Å². The molecule has 0 spiro atoms. The van der Waals surface area contributed by atoms with Gasteiger partial charge in [0.1, 0.15) is 11.6 Å². The van der Waals surface area contributed by atoms with Crippen molar-refractivity contribution in [2.45, 2.75) is 33.7 Å². The maximum atomic E-state index is 5.40. The SMILES string of the molecule is CCOc1cc(Nc2cnn(C(C)C)c2)nc(C)n1. The zero-order valence-corrected chi connectivity index (χ0v) is 11.7. The van der Waals surface area contributed by atoms with Gasteiger partial charge in [-0.25, -0.2) is 4.98 Å². The van der Waals surface area contributed by atoms with Crippen LogP contribution in [0, 0.1) is 6.92 Å². The molecule has 0 bridgehead atoms. The summed E-state index contributed by atoms with van der Waals surface area (Å²) < 4.78 is 7.29. The fourth-order valence-corrected chi connectivity index (χ4v) is 1.66. The van der Waals surface area contributed by atoms with Gasteiger partial charge in [-0.3, -0.25) is 4.68 Å². The first kappa shape index (κ1) is 13.3. The lowest BCUT2D eigenvalue weighted by molar-refractivity contribution is 0.325. The van der Waals surface area contributed by atoms with E-state index in [4.69, 9.17) is 4.74 Å². The van der Waals surface area contributed by atoms with Crippen molar-refractivity contribution in [2.24, 2.45) is 0 Å². The lowest BCUT2D eigenvalue weighted by atomic mass is 10.4. The zero-order chi connectivity index (χ0) is 13.8. The third kappa shape index (κ3) is 3.43. The van der Waals surface area contributed by atoms with Gasteiger partial charge in [-0.05, 0) is 27.7 Å². The molecule has 0 unspecified atom stereocenters. The normalized spacial score (nSPS) is 10.8. The molecule has 0 radical (unpaired) electrons. The number of nitrogens with one attached hydrogen (secondary N) is 1. The van der Waals surface area contributed by atoms with Crippen LogP contribution >= 0.6 is 0 Å². The topological polar surface area (TPSA) is 64.9 Å². The summed E-state index contributed by atoms with van der Waals surface area (Å²) in [6.45, 7) is 8.52. The van der Waals surface area contributed by atoms with E-state index in [2.05, 4.69) is 34.2 Å². The molecular weight excluding hydrogens is 242 g/mol. The predicted molar refractivity (Wildman–Crippen MR) is 73.8 cm³/mol. The van der Waals surface area contributed by atoms with E-state index in [1.54, 1.807) is 12.3 Å². The molecule has 2 aromatic heterocycles. The van der Waals surface area contributed by atoms with E-state index >= 15 is 0 Å². The van der Waals surface area contributed by atoms with Crippen LogP contribution in [0.1, 0.15) is 32.6 Å². The number of anilines is 2. The molecule has 1 N–H and O–H groups in total. The van der Waals surface area contributed by atoms with Crippen molar-refractivity contribution < 1.29 is 4.74 Å². The molecule has 6 heteroatoms. The van der Waals surface area contributed by atoms with E-state index in [1.165, 1.54) is 0 Å². The first-order valence-electron chi connectivity index (χ1n) is 6.38. The monoisotopic (exact) mass is 261 g/mol. The molecule has 2 rings (SSSR count). The van der Waals surface area contributed by atoms with Crippen molar-refractivity contribution in [2.75, 3.05) is 11.9 Å². The summed E-state index contributed by atoms with van der Waals surface area (Å²) in [5, 5.41) is 7.48. The van der Waals surface area contributed by atoms with Crippen molar-refractivity contribution in [3.05, 3.63) is 24.3 Å². The highest BCUT2D eigenvalue weighted by Crippen LogP contribution is 2.19. The molecule has 2 heterocycles. The Labute approximate surface area is 112 Å². The lowest BCUT2D eigenvalue weighted by Crippen LogP contribution is -2.01. The maximum absolute atomic E-state index is 5.40. The van der Waals surface area contributed by atoms with Crippen molar-refractivity contribution >= 4 is 11.5 Å². The Bertz CT molecular complexity index is 550. The van der Waals surface area contributed by atoms with Crippen molar-refractivity contribution in [3.8, 4) is 5.88 Å². The fraction of sp³-hybridized carbons (Fsp3) is 0.462. The average molecular weight is 261 g/mol. The summed E-state index contributed by atoms with van der Waals surface area (Å²) in [5.41, 5.74) is 0.897. The van der Waals surface area contributed by atoms with Gasteiger partial charge in [0.05, 0.1) is 18.5 Å². The van der Waals surface area contributed by atoms with Gasteiger partial charge in [-0.1, -0.05) is 0 Å². The Balaban J connectivity index is 2.17. The Kier molecular flexibility index (Phi) is 3.99. The summed E-state index contributed by atoms with van der Waals surface area (Å²) >= 11 is 0. The average Bonchev–Trinajstić information content (AvgIpc) is 2.77. The number of aryl methyl sites for hydroxylation is 1. The van der Waals surface area contributed by atoms with Crippen LogP contribution in [0.5, 0.6) is 5.88 Å². The first-order chi connectivity index (χ1) is 9.08. The number of nitrogens with zero attached hydrogens (tertiary/aromatic N) is 4. The summed E-state index contributed by atoms with van der Waals surface area (Å²) in [7, 11) is 0. The van der Waals surface area contributed by atoms with Gasteiger partial charge in [0, 0.05) is 18.3 Å². The number of hydrogen-bond donors (Lipinski definition) is 1. The van der Waals surface area contributed by atoms with Crippen LogP contribution in [0.15, 0.2) is 18.5 Å². The van der Waals surface area contributed by atoms with Crippen LogP contribution < -0.4 is 10.1 Å². The smallest absolute Gasteiger partial charge is 0.218 e. The molecule has 0 aromatic carbocycles.